The molecule has 0 aliphatic heterocycles. The van der Waals surface area contributed by atoms with E-state index in [4.69, 9.17) is 0 Å². The summed E-state index contributed by atoms with van der Waals surface area (Å²) in [5, 5.41) is 1.01. The Bertz CT molecular complexity index is 374. The van der Waals surface area contributed by atoms with Crippen LogP contribution in [0.2, 0.25) is 0 Å². The van der Waals surface area contributed by atoms with Crippen molar-refractivity contribution in [1.82, 2.24) is 4.98 Å². The zero-order valence-corrected chi connectivity index (χ0v) is 9.64. The Morgan fingerprint density at radius 1 is 1.06 bits per heavy atom. The minimum absolute atomic E-state index is 0.256. The summed E-state index contributed by atoms with van der Waals surface area (Å²) in [5.41, 5.74) is -1.76. The van der Waals surface area contributed by atoms with E-state index in [1.165, 1.54) is 0 Å². The third-order valence-electron chi connectivity index (χ3n) is 1.82. The standard InChI is InChI=1S/C9H10F5NS/c1-7(2,3)6-15-5(4-16-6)8(10,11)9(12,13)14/h4H,1-3H3. The van der Waals surface area contributed by atoms with Crippen LogP contribution in [0.5, 0.6) is 0 Å². The van der Waals surface area contributed by atoms with E-state index in [0.29, 0.717) is 0 Å². The Balaban J connectivity index is 3.13. The van der Waals surface area contributed by atoms with Crippen molar-refractivity contribution in [3.63, 3.8) is 0 Å². The molecule has 0 atom stereocenters. The largest absolute Gasteiger partial charge is 0.459 e. The van der Waals surface area contributed by atoms with E-state index in [2.05, 4.69) is 4.98 Å². The first-order chi connectivity index (χ1) is 6.96. The minimum atomic E-state index is -5.60. The molecule has 0 bridgehead atoms. The molecule has 92 valence electrons. The van der Waals surface area contributed by atoms with Gasteiger partial charge >= 0.3 is 12.1 Å². The van der Waals surface area contributed by atoms with E-state index in [1.54, 1.807) is 20.8 Å². The SMILES string of the molecule is CC(C)(C)c1nc(C(F)(F)C(F)(F)F)cs1. The second-order valence-electron chi connectivity index (χ2n) is 4.36. The average Bonchev–Trinajstić information content (AvgIpc) is 2.47. The van der Waals surface area contributed by atoms with Gasteiger partial charge in [0.15, 0.2) is 0 Å². The van der Waals surface area contributed by atoms with Gasteiger partial charge in [0.1, 0.15) is 5.69 Å². The molecule has 1 aromatic rings. The highest BCUT2D eigenvalue weighted by molar-refractivity contribution is 7.09. The third kappa shape index (κ3) is 2.34. The first kappa shape index (κ1) is 13.3. The summed E-state index contributed by atoms with van der Waals surface area (Å²) >= 11 is 0.808. The number of rotatable bonds is 1. The molecule has 0 aromatic carbocycles. The van der Waals surface area contributed by atoms with Gasteiger partial charge in [-0.25, -0.2) is 4.98 Å². The summed E-state index contributed by atoms with van der Waals surface area (Å²) in [5.74, 6) is -4.88. The summed E-state index contributed by atoms with van der Waals surface area (Å²) in [4.78, 5) is 3.37. The summed E-state index contributed by atoms with van der Waals surface area (Å²) in [6.45, 7) is 5.09. The van der Waals surface area contributed by atoms with Gasteiger partial charge in [0.25, 0.3) is 0 Å². The van der Waals surface area contributed by atoms with E-state index in [9.17, 15) is 22.0 Å². The molecule has 0 aliphatic rings. The van der Waals surface area contributed by atoms with Crippen LogP contribution in [0, 0.1) is 0 Å². The van der Waals surface area contributed by atoms with Crippen LogP contribution in [0.4, 0.5) is 22.0 Å². The fourth-order valence-electron chi connectivity index (χ4n) is 0.908. The predicted molar refractivity (Wildman–Crippen MR) is 50.8 cm³/mol. The zero-order valence-electron chi connectivity index (χ0n) is 8.82. The molecule has 0 N–H and O–H groups in total. The molecule has 1 aromatic heterocycles. The van der Waals surface area contributed by atoms with Crippen LogP contribution in [0.3, 0.4) is 0 Å². The molecule has 1 rings (SSSR count). The van der Waals surface area contributed by atoms with Crippen molar-refractivity contribution in [2.24, 2.45) is 0 Å². The number of halogens is 5. The molecule has 1 heterocycles. The number of alkyl halides is 5. The molecule has 0 fully saturated rings. The molecule has 16 heavy (non-hydrogen) atoms. The maximum absolute atomic E-state index is 12.9. The van der Waals surface area contributed by atoms with Gasteiger partial charge in [-0.05, 0) is 0 Å². The Morgan fingerprint density at radius 2 is 1.56 bits per heavy atom. The molecular formula is C9H10F5NS. The lowest BCUT2D eigenvalue weighted by Gasteiger charge is -2.18. The van der Waals surface area contributed by atoms with Crippen LogP contribution < -0.4 is 0 Å². The van der Waals surface area contributed by atoms with Crippen molar-refractivity contribution in [3.8, 4) is 0 Å². The second-order valence-corrected chi connectivity index (χ2v) is 5.22. The lowest BCUT2D eigenvalue weighted by atomic mass is 9.98. The number of nitrogens with zero attached hydrogens (tertiary/aromatic N) is 1. The molecule has 0 unspecified atom stereocenters. The molecule has 0 aliphatic carbocycles. The van der Waals surface area contributed by atoms with Crippen molar-refractivity contribution >= 4 is 11.3 Å². The molecule has 0 saturated heterocycles. The fraction of sp³-hybridized carbons (Fsp3) is 0.667. The Hall–Kier alpha value is -0.720. The zero-order chi connectivity index (χ0) is 12.8. The van der Waals surface area contributed by atoms with Gasteiger partial charge in [-0.2, -0.15) is 22.0 Å². The van der Waals surface area contributed by atoms with Gasteiger partial charge in [-0.1, -0.05) is 20.8 Å². The second kappa shape index (κ2) is 3.65. The van der Waals surface area contributed by atoms with Crippen molar-refractivity contribution in [3.05, 3.63) is 16.1 Å². The van der Waals surface area contributed by atoms with Gasteiger partial charge in [-0.15, -0.1) is 11.3 Å². The van der Waals surface area contributed by atoms with Crippen LogP contribution in [0.25, 0.3) is 0 Å². The molecule has 7 heteroatoms. The fourth-order valence-corrected chi connectivity index (χ4v) is 1.84. The predicted octanol–water partition coefficient (Wildman–Crippen LogP) is 4.09. The van der Waals surface area contributed by atoms with E-state index >= 15 is 0 Å². The Morgan fingerprint density at radius 3 is 1.88 bits per heavy atom. The molecule has 1 nitrogen and oxygen atoms in total. The van der Waals surface area contributed by atoms with E-state index in [-0.39, 0.29) is 5.01 Å². The highest BCUT2D eigenvalue weighted by Gasteiger charge is 2.60. The monoisotopic (exact) mass is 259 g/mol. The van der Waals surface area contributed by atoms with Crippen molar-refractivity contribution < 1.29 is 22.0 Å². The molecule has 0 radical (unpaired) electrons. The molecule has 0 spiro atoms. The van der Waals surface area contributed by atoms with Crippen molar-refractivity contribution in [2.45, 2.75) is 38.3 Å². The highest BCUT2D eigenvalue weighted by atomic mass is 32.1. The first-order valence-corrected chi connectivity index (χ1v) is 5.25. The highest BCUT2D eigenvalue weighted by Crippen LogP contribution is 2.44. The van der Waals surface area contributed by atoms with Crippen LogP contribution in [0.1, 0.15) is 31.5 Å². The number of aromatic nitrogens is 1. The first-order valence-electron chi connectivity index (χ1n) is 4.37. The number of hydrogen-bond acceptors (Lipinski definition) is 2. The smallest absolute Gasteiger partial charge is 0.239 e. The number of thiazole rings is 1. The summed E-state index contributed by atoms with van der Waals surface area (Å²) in [6, 6.07) is 0. The quantitative estimate of drug-likeness (QED) is 0.692. The molecule has 0 amide bonds. The maximum atomic E-state index is 12.9. The van der Waals surface area contributed by atoms with Gasteiger partial charge in [0.2, 0.25) is 0 Å². The maximum Gasteiger partial charge on any atom is 0.459 e. The van der Waals surface area contributed by atoms with Crippen LogP contribution in [-0.4, -0.2) is 11.2 Å². The van der Waals surface area contributed by atoms with Crippen LogP contribution >= 0.6 is 11.3 Å². The topological polar surface area (TPSA) is 12.9 Å². The summed E-state index contributed by atoms with van der Waals surface area (Å²) in [6.07, 6.45) is -5.60. The van der Waals surface area contributed by atoms with E-state index < -0.39 is 23.2 Å². The van der Waals surface area contributed by atoms with Crippen LogP contribution in [0.15, 0.2) is 5.38 Å². The summed E-state index contributed by atoms with van der Waals surface area (Å²) in [7, 11) is 0. The van der Waals surface area contributed by atoms with Crippen molar-refractivity contribution in [1.29, 1.82) is 0 Å². The summed E-state index contributed by atoms with van der Waals surface area (Å²) < 4.78 is 61.9. The normalized spacial score (nSPS) is 14.2. The lowest BCUT2D eigenvalue weighted by molar-refractivity contribution is -0.290. The average molecular weight is 259 g/mol. The minimum Gasteiger partial charge on any atom is -0.239 e. The van der Waals surface area contributed by atoms with Crippen molar-refractivity contribution in [2.75, 3.05) is 0 Å². The van der Waals surface area contributed by atoms with Gasteiger partial charge in [0, 0.05) is 10.8 Å². The third-order valence-corrected chi connectivity index (χ3v) is 3.09. The van der Waals surface area contributed by atoms with Gasteiger partial charge in [-0.3, -0.25) is 0 Å². The molecule has 0 saturated carbocycles. The lowest BCUT2D eigenvalue weighted by Crippen LogP contribution is -2.34. The Kier molecular flexibility index (Phi) is 3.04. The van der Waals surface area contributed by atoms with Gasteiger partial charge in [0.05, 0.1) is 5.01 Å². The molecular weight excluding hydrogens is 249 g/mol. The Labute approximate surface area is 93.3 Å². The van der Waals surface area contributed by atoms with Gasteiger partial charge < -0.3 is 0 Å². The number of hydrogen-bond donors (Lipinski definition) is 0. The van der Waals surface area contributed by atoms with E-state index in [0.717, 1.165) is 16.7 Å². The van der Waals surface area contributed by atoms with Crippen LogP contribution in [-0.2, 0) is 11.3 Å². The van der Waals surface area contributed by atoms with E-state index in [1.807, 2.05) is 0 Å².